The molecule has 3 N–H and O–H groups in total. The zero-order chi connectivity index (χ0) is 15.4. The Morgan fingerprint density at radius 1 is 0.762 bits per heavy atom. The molecule has 0 radical (unpaired) electrons. The Kier molecular flexibility index (Phi) is 4.42. The quantitative estimate of drug-likeness (QED) is 0.738. The Morgan fingerprint density at radius 3 is 1.86 bits per heavy atom. The maximum atomic E-state index is 9.85. The van der Waals surface area contributed by atoms with Crippen molar-refractivity contribution in [3.8, 4) is 28.7 Å². The van der Waals surface area contributed by atoms with Gasteiger partial charge in [0.1, 0.15) is 0 Å². The fraction of sp³-hybridized carbons (Fsp3) is 0.250. The van der Waals surface area contributed by atoms with Gasteiger partial charge in [-0.2, -0.15) is 0 Å². The summed E-state index contributed by atoms with van der Waals surface area (Å²) in [6.45, 7) is 0. The molecule has 0 fully saturated rings. The van der Waals surface area contributed by atoms with E-state index in [4.69, 9.17) is 9.47 Å². The molecule has 112 valence electrons. The van der Waals surface area contributed by atoms with Crippen LogP contribution in [0.1, 0.15) is 11.1 Å². The van der Waals surface area contributed by atoms with Gasteiger partial charge in [0.15, 0.2) is 23.0 Å². The topological polar surface area (TPSA) is 79.2 Å². The molecule has 5 nitrogen and oxygen atoms in total. The monoisotopic (exact) mass is 290 g/mol. The van der Waals surface area contributed by atoms with Gasteiger partial charge in [-0.05, 0) is 48.2 Å². The number of aryl methyl sites for hydroxylation is 2. The normalized spacial score (nSPS) is 10.4. The van der Waals surface area contributed by atoms with Gasteiger partial charge in [0.05, 0.1) is 14.2 Å². The van der Waals surface area contributed by atoms with Crippen molar-refractivity contribution in [3.05, 3.63) is 41.5 Å². The van der Waals surface area contributed by atoms with Crippen molar-refractivity contribution in [2.24, 2.45) is 0 Å². The first kappa shape index (κ1) is 14.8. The lowest BCUT2D eigenvalue weighted by Gasteiger charge is -2.11. The zero-order valence-corrected chi connectivity index (χ0v) is 12.0. The summed E-state index contributed by atoms with van der Waals surface area (Å²) in [7, 11) is 2.96. The number of rotatable bonds is 5. The lowest BCUT2D eigenvalue weighted by atomic mass is 10.0. The number of hydrogen-bond acceptors (Lipinski definition) is 5. The molecule has 0 atom stereocenters. The summed E-state index contributed by atoms with van der Waals surface area (Å²) in [5, 5.41) is 28.6. The number of phenols is 3. The van der Waals surface area contributed by atoms with E-state index in [1.54, 1.807) is 18.2 Å². The Hall–Kier alpha value is -2.56. The number of hydrogen-bond donors (Lipinski definition) is 3. The maximum absolute atomic E-state index is 9.85. The minimum Gasteiger partial charge on any atom is -0.504 e. The average molecular weight is 290 g/mol. The van der Waals surface area contributed by atoms with Gasteiger partial charge < -0.3 is 24.8 Å². The van der Waals surface area contributed by atoms with Gasteiger partial charge in [-0.15, -0.1) is 0 Å². The molecule has 21 heavy (non-hydrogen) atoms. The van der Waals surface area contributed by atoms with Gasteiger partial charge in [-0.1, -0.05) is 6.07 Å². The van der Waals surface area contributed by atoms with Gasteiger partial charge in [-0.3, -0.25) is 0 Å². The van der Waals surface area contributed by atoms with Crippen LogP contribution >= 0.6 is 0 Å². The number of aromatic hydroxyl groups is 3. The van der Waals surface area contributed by atoms with E-state index in [2.05, 4.69) is 0 Å². The second-order valence-electron chi connectivity index (χ2n) is 4.67. The highest BCUT2D eigenvalue weighted by atomic mass is 16.5. The summed E-state index contributed by atoms with van der Waals surface area (Å²) in [6.07, 6.45) is 1.35. The third kappa shape index (κ3) is 3.31. The maximum Gasteiger partial charge on any atom is 0.200 e. The van der Waals surface area contributed by atoms with E-state index in [1.165, 1.54) is 26.4 Å². The van der Waals surface area contributed by atoms with E-state index in [0.717, 1.165) is 11.1 Å². The molecule has 0 aliphatic rings. The molecule has 0 amide bonds. The van der Waals surface area contributed by atoms with E-state index < -0.39 is 0 Å². The number of phenolic OH excluding ortho intramolecular Hbond substituents is 3. The Bertz CT molecular complexity index is 612. The molecule has 0 aliphatic carbocycles. The summed E-state index contributed by atoms with van der Waals surface area (Å²) < 4.78 is 10.2. The lowest BCUT2D eigenvalue weighted by molar-refractivity contribution is 0.339. The van der Waals surface area contributed by atoms with Crippen LogP contribution in [0.15, 0.2) is 30.3 Å². The molecule has 0 unspecified atom stereocenters. The molecule has 0 heterocycles. The van der Waals surface area contributed by atoms with Gasteiger partial charge in [0, 0.05) is 0 Å². The van der Waals surface area contributed by atoms with E-state index in [9.17, 15) is 15.3 Å². The largest absolute Gasteiger partial charge is 0.504 e. The van der Waals surface area contributed by atoms with Crippen molar-refractivity contribution in [2.75, 3.05) is 14.2 Å². The van der Waals surface area contributed by atoms with Crippen molar-refractivity contribution >= 4 is 0 Å². The van der Waals surface area contributed by atoms with E-state index in [0.29, 0.717) is 24.3 Å². The van der Waals surface area contributed by atoms with E-state index >= 15 is 0 Å². The van der Waals surface area contributed by atoms with Crippen LogP contribution in [0, 0.1) is 0 Å². The average Bonchev–Trinajstić information content (AvgIpc) is 2.49. The summed E-state index contributed by atoms with van der Waals surface area (Å²) in [4.78, 5) is 0. The molecule has 2 aromatic rings. The smallest absolute Gasteiger partial charge is 0.200 e. The van der Waals surface area contributed by atoms with Crippen molar-refractivity contribution in [3.63, 3.8) is 0 Å². The first-order valence-corrected chi connectivity index (χ1v) is 6.50. The summed E-state index contributed by atoms with van der Waals surface area (Å²) in [5.74, 6) is 0.432. The van der Waals surface area contributed by atoms with Crippen LogP contribution in [-0.2, 0) is 12.8 Å². The minimum atomic E-state index is -0.133. The summed E-state index contributed by atoms with van der Waals surface area (Å²) in [6, 6.07) is 8.24. The van der Waals surface area contributed by atoms with Gasteiger partial charge >= 0.3 is 0 Å². The second kappa shape index (κ2) is 6.26. The van der Waals surface area contributed by atoms with Crippen LogP contribution in [0.25, 0.3) is 0 Å². The molecular weight excluding hydrogens is 272 g/mol. The zero-order valence-electron chi connectivity index (χ0n) is 12.0. The molecule has 0 saturated heterocycles. The van der Waals surface area contributed by atoms with Crippen molar-refractivity contribution in [2.45, 2.75) is 12.8 Å². The molecule has 2 rings (SSSR count). The molecule has 0 aromatic heterocycles. The number of methoxy groups -OCH3 is 2. The van der Waals surface area contributed by atoms with Crippen LogP contribution in [0.3, 0.4) is 0 Å². The highest BCUT2D eigenvalue weighted by Crippen LogP contribution is 2.37. The molecule has 0 bridgehead atoms. The predicted molar refractivity (Wildman–Crippen MR) is 78.4 cm³/mol. The predicted octanol–water partition coefficient (Wildman–Crippen LogP) is 2.61. The van der Waals surface area contributed by atoms with Gasteiger partial charge in [0.25, 0.3) is 0 Å². The van der Waals surface area contributed by atoms with Crippen LogP contribution in [0.4, 0.5) is 0 Å². The van der Waals surface area contributed by atoms with Crippen LogP contribution < -0.4 is 9.47 Å². The third-order valence-electron chi connectivity index (χ3n) is 3.28. The molecule has 0 spiro atoms. The molecule has 0 saturated carbocycles. The lowest BCUT2D eigenvalue weighted by Crippen LogP contribution is -1.95. The molecule has 5 heteroatoms. The first-order chi connectivity index (χ1) is 10.0. The fourth-order valence-electron chi connectivity index (χ4n) is 2.11. The Labute approximate surface area is 123 Å². The summed E-state index contributed by atoms with van der Waals surface area (Å²) >= 11 is 0. The standard InChI is InChI=1S/C16H18O5/c1-20-14-8-11(9-15(21-2)16(14)19)4-3-10-5-6-12(17)13(18)7-10/h5-9,17-19H,3-4H2,1-2H3. The number of benzene rings is 2. The van der Waals surface area contributed by atoms with E-state index in [1.807, 2.05) is 0 Å². The van der Waals surface area contributed by atoms with Crippen LogP contribution in [0.5, 0.6) is 28.7 Å². The molecule has 2 aromatic carbocycles. The third-order valence-corrected chi connectivity index (χ3v) is 3.28. The van der Waals surface area contributed by atoms with Gasteiger partial charge in [-0.25, -0.2) is 0 Å². The SMILES string of the molecule is COc1cc(CCc2ccc(O)c(O)c2)cc(OC)c1O. The Morgan fingerprint density at radius 2 is 1.33 bits per heavy atom. The fourth-order valence-corrected chi connectivity index (χ4v) is 2.11. The Balaban J connectivity index is 2.17. The highest BCUT2D eigenvalue weighted by Gasteiger charge is 2.11. The number of ether oxygens (including phenoxy) is 2. The van der Waals surface area contributed by atoms with Crippen molar-refractivity contribution in [1.82, 2.24) is 0 Å². The molecule has 0 aliphatic heterocycles. The minimum absolute atomic E-state index is 0.0222. The van der Waals surface area contributed by atoms with Crippen LogP contribution in [-0.4, -0.2) is 29.5 Å². The van der Waals surface area contributed by atoms with E-state index in [-0.39, 0.29) is 17.2 Å². The van der Waals surface area contributed by atoms with Crippen LogP contribution in [0.2, 0.25) is 0 Å². The molecular formula is C16H18O5. The van der Waals surface area contributed by atoms with Crippen molar-refractivity contribution in [1.29, 1.82) is 0 Å². The van der Waals surface area contributed by atoms with Gasteiger partial charge in [0.2, 0.25) is 5.75 Å². The highest BCUT2D eigenvalue weighted by molar-refractivity contribution is 5.53. The summed E-state index contributed by atoms with van der Waals surface area (Å²) in [5.41, 5.74) is 1.84. The van der Waals surface area contributed by atoms with Crippen molar-refractivity contribution < 1.29 is 24.8 Å². The first-order valence-electron chi connectivity index (χ1n) is 6.50. The second-order valence-corrected chi connectivity index (χ2v) is 4.67.